The summed E-state index contributed by atoms with van der Waals surface area (Å²) >= 11 is 7.53. The Morgan fingerprint density at radius 2 is 1.70 bits per heavy atom. The number of nitro groups is 1. The van der Waals surface area contributed by atoms with Crippen molar-refractivity contribution in [2.75, 3.05) is 26.2 Å². The zero-order valence-corrected chi connectivity index (χ0v) is 18.9. The number of halogens is 1. The Labute approximate surface area is 197 Å². The number of thiophene rings is 1. The van der Waals surface area contributed by atoms with Crippen molar-refractivity contribution in [2.24, 2.45) is 23.7 Å². The molecule has 2 heterocycles. The van der Waals surface area contributed by atoms with Crippen molar-refractivity contribution < 1.29 is 24.4 Å². The maximum atomic E-state index is 13.2. The molecule has 4 atom stereocenters. The zero-order chi connectivity index (χ0) is 23.4. The first-order valence-corrected chi connectivity index (χ1v) is 11.8. The van der Waals surface area contributed by atoms with Gasteiger partial charge in [-0.2, -0.15) is 0 Å². The molecule has 5 rings (SSSR count). The number of fused-ring (bicyclic) bond motifs is 3. The summed E-state index contributed by atoms with van der Waals surface area (Å²) in [4.78, 5) is 52.2. The van der Waals surface area contributed by atoms with Crippen LogP contribution < -0.4 is 0 Å². The fraction of sp³-hybridized carbons (Fsp3) is 0.409. The second-order valence-electron chi connectivity index (χ2n) is 8.64. The molecule has 0 radical (unpaired) electrons. The van der Waals surface area contributed by atoms with Gasteiger partial charge in [0.1, 0.15) is 4.88 Å². The standard InChI is InChI=1S/C22H20ClN3O6S/c23-18-14-4-3-13(26(31)32)10-15(14)33-19(18)21(28)25-7-5-24(6-8-25)20(27)16-11-1-2-12(9-11)17(16)22(29)30/h1-4,10-12,16-17H,5-9H2,(H,29,30)/t11-,12-,16+,17+/m0/s1. The highest BCUT2D eigenvalue weighted by Gasteiger charge is 2.52. The Bertz CT molecular complexity index is 1220. The number of non-ortho nitro benzene ring substituents is 1. The van der Waals surface area contributed by atoms with Crippen LogP contribution in [-0.2, 0) is 9.59 Å². The van der Waals surface area contributed by atoms with Crippen molar-refractivity contribution in [2.45, 2.75) is 6.42 Å². The Morgan fingerprint density at radius 3 is 2.33 bits per heavy atom. The molecule has 0 unspecified atom stereocenters. The molecule has 1 N–H and O–H groups in total. The van der Waals surface area contributed by atoms with Gasteiger partial charge in [0.05, 0.1) is 21.8 Å². The number of piperazine rings is 1. The number of aliphatic carboxylic acids is 1. The van der Waals surface area contributed by atoms with Gasteiger partial charge in [0.25, 0.3) is 11.6 Å². The maximum Gasteiger partial charge on any atom is 0.307 e. The van der Waals surface area contributed by atoms with E-state index >= 15 is 0 Å². The van der Waals surface area contributed by atoms with E-state index in [2.05, 4.69) is 0 Å². The number of amides is 2. The summed E-state index contributed by atoms with van der Waals surface area (Å²) in [6.45, 7) is 1.26. The SMILES string of the molecule is O=C(O)[C@H]1[C@H](C(=O)N2CCN(C(=O)c3sc4cc([N+](=O)[O-])ccc4c3Cl)CC2)[C@H]2C=C[C@H]1C2. The summed E-state index contributed by atoms with van der Waals surface area (Å²) in [6, 6.07) is 4.30. The third-order valence-corrected chi connectivity index (χ3v) is 8.57. The van der Waals surface area contributed by atoms with E-state index in [0.29, 0.717) is 47.6 Å². The van der Waals surface area contributed by atoms with Crippen molar-refractivity contribution in [3.05, 3.63) is 50.4 Å². The van der Waals surface area contributed by atoms with Crippen LogP contribution in [-0.4, -0.2) is 63.8 Å². The molecule has 2 aromatic rings. The number of nitrogens with zero attached hydrogens (tertiary/aromatic N) is 3. The number of carbonyl (C=O) groups is 3. The smallest absolute Gasteiger partial charge is 0.307 e. The second-order valence-corrected chi connectivity index (χ2v) is 10.1. The molecule has 11 heteroatoms. The zero-order valence-electron chi connectivity index (χ0n) is 17.3. The maximum absolute atomic E-state index is 13.2. The summed E-state index contributed by atoms with van der Waals surface area (Å²) in [5, 5.41) is 21.5. The molecule has 2 aliphatic carbocycles. The third-order valence-electron chi connectivity index (χ3n) is 6.93. The lowest BCUT2D eigenvalue weighted by molar-refractivity contribution is -0.384. The van der Waals surface area contributed by atoms with E-state index in [4.69, 9.17) is 11.6 Å². The van der Waals surface area contributed by atoms with Crippen molar-refractivity contribution >= 4 is 56.5 Å². The van der Waals surface area contributed by atoms with E-state index in [1.165, 1.54) is 12.1 Å². The fourth-order valence-electron chi connectivity index (χ4n) is 5.28. The number of hydrogen-bond acceptors (Lipinski definition) is 6. The first-order valence-electron chi connectivity index (χ1n) is 10.6. The fourth-order valence-corrected chi connectivity index (χ4v) is 6.80. The van der Waals surface area contributed by atoms with Gasteiger partial charge < -0.3 is 14.9 Å². The lowest BCUT2D eigenvalue weighted by atomic mass is 9.82. The minimum absolute atomic E-state index is 0.0373. The van der Waals surface area contributed by atoms with Crippen LogP contribution in [0.2, 0.25) is 5.02 Å². The monoisotopic (exact) mass is 489 g/mol. The molecular formula is C22H20ClN3O6S. The van der Waals surface area contributed by atoms with Gasteiger partial charge in [-0.15, -0.1) is 11.3 Å². The number of hydrogen-bond donors (Lipinski definition) is 1. The Morgan fingerprint density at radius 1 is 1.06 bits per heavy atom. The van der Waals surface area contributed by atoms with Gasteiger partial charge >= 0.3 is 5.97 Å². The van der Waals surface area contributed by atoms with Gasteiger partial charge in [0.15, 0.2) is 0 Å². The van der Waals surface area contributed by atoms with Gasteiger partial charge in [-0.05, 0) is 24.3 Å². The molecule has 172 valence electrons. The van der Waals surface area contributed by atoms with E-state index in [1.54, 1.807) is 15.9 Å². The van der Waals surface area contributed by atoms with Crippen molar-refractivity contribution in [1.29, 1.82) is 0 Å². The van der Waals surface area contributed by atoms with E-state index in [1.807, 2.05) is 12.2 Å². The minimum atomic E-state index is -0.932. The second kappa shape index (κ2) is 8.11. The van der Waals surface area contributed by atoms with Crippen molar-refractivity contribution in [3.8, 4) is 0 Å². The number of allylic oxidation sites excluding steroid dienone is 2. The largest absolute Gasteiger partial charge is 0.481 e. The molecule has 0 spiro atoms. The van der Waals surface area contributed by atoms with Crippen molar-refractivity contribution in [1.82, 2.24) is 9.80 Å². The molecule has 1 aliphatic heterocycles. The van der Waals surface area contributed by atoms with E-state index < -0.39 is 22.7 Å². The Kier molecular flexibility index (Phi) is 5.37. The number of carboxylic acids is 1. The number of benzene rings is 1. The van der Waals surface area contributed by atoms with E-state index in [0.717, 1.165) is 11.3 Å². The van der Waals surface area contributed by atoms with Crippen LogP contribution in [0.3, 0.4) is 0 Å². The molecule has 2 bridgehead atoms. The first-order chi connectivity index (χ1) is 15.8. The van der Waals surface area contributed by atoms with Gasteiger partial charge in [-0.3, -0.25) is 24.5 Å². The van der Waals surface area contributed by atoms with Crippen LogP contribution in [0.25, 0.3) is 10.1 Å². The molecule has 2 fully saturated rings. The van der Waals surface area contributed by atoms with Gasteiger partial charge in [0.2, 0.25) is 5.91 Å². The molecule has 33 heavy (non-hydrogen) atoms. The van der Waals surface area contributed by atoms with Crippen LogP contribution in [0, 0.1) is 33.8 Å². The molecule has 1 saturated heterocycles. The van der Waals surface area contributed by atoms with Crippen LogP contribution >= 0.6 is 22.9 Å². The number of carboxylic acid groups (broad SMARTS) is 1. The van der Waals surface area contributed by atoms with Gasteiger partial charge in [-0.25, -0.2) is 0 Å². The van der Waals surface area contributed by atoms with Crippen molar-refractivity contribution in [3.63, 3.8) is 0 Å². The number of nitro benzene ring substituents is 1. The number of rotatable bonds is 4. The Hall–Kier alpha value is -2.98. The molecule has 1 aromatic carbocycles. The summed E-state index contributed by atoms with van der Waals surface area (Å²) in [6.07, 6.45) is 4.57. The normalized spacial score (nSPS) is 26.2. The highest BCUT2D eigenvalue weighted by molar-refractivity contribution is 7.21. The minimum Gasteiger partial charge on any atom is -0.481 e. The van der Waals surface area contributed by atoms with E-state index in [9.17, 15) is 29.6 Å². The van der Waals surface area contributed by atoms with E-state index in [-0.39, 0.29) is 34.4 Å². The summed E-state index contributed by atoms with van der Waals surface area (Å²) in [7, 11) is 0. The summed E-state index contributed by atoms with van der Waals surface area (Å²) < 4.78 is 0.565. The highest BCUT2D eigenvalue weighted by atomic mass is 35.5. The quantitative estimate of drug-likeness (QED) is 0.399. The molecular weight excluding hydrogens is 470 g/mol. The molecule has 3 aliphatic rings. The third kappa shape index (κ3) is 3.57. The molecule has 1 aromatic heterocycles. The highest BCUT2D eigenvalue weighted by Crippen LogP contribution is 2.49. The predicted octanol–water partition coefficient (Wildman–Crippen LogP) is 3.27. The van der Waals surface area contributed by atoms with Crippen LogP contribution in [0.5, 0.6) is 0 Å². The molecule has 9 nitrogen and oxygen atoms in total. The lowest BCUT2D eigenvalue weighted by Crippen LogP contribution is -2.53. The number of carbonyl (C=O) groups excluding carboxylic acids is 2. The van der Waals surface area contributed by atoms with Crippen LogP contribution in [0.15, 0.2) is 30.4 Å². The molecule has 1 saturated carbocycles. The summed E-state index contributed by atoms with van der Waals surface area (Å²) in [5.41, 5.74) is -0.0679. The Balaban J connectivity index is 1.28. The average Bonchev–Trinajstić information content (AvgIpc) is 3.51. The van der Waals surface area contributed by atoms with Gasteiger partial charge in [-0.1, -0.05) is 23.8 Å². The predicted molar refractivity (Wildman–Crippen MR) is 121 cm³/mol. The average molecular weight is 490 g/mol. The van der Waals surface area contributed by atoms with Crippen LogP contribution in [0.1, 0.15) is 16.1 Å². The first kappa shape index (κ1) is 21.8. The summed E-state index contributed by atoms with van der Waals surface area (Å²) in [5.74, 6) is -2.72. The van der Waals surface area contributed by atoms with Gasteiger partial charge in [0, 0.05) is 48.4 Å². The molecule has 2 amide bonds. The topological polar surface area (TPSA) is 121 Å². The van der Waals surface area contributed by atoms with Crippen LogP contribution in [0.4, 0.5) is 5.69 Å². The lowest BCUT2D eigenvalue weighted by Gasteiger charge is -2.37.